The first-order valence-electron chi connectivity index (χ1n) is 8.31. The number of esters is 1. The Morgan fingerprint density at radius 3 is 2.77 bits per heavy atom. The SMILES string of the molecule is C=CC[C@@H]1C[C@@]2(OC(C)=O)C[C@@H](CC=C)[C@H]3CC=CC[C@@]32O1. The van der Waals surface area contributed by atoms with E-state index in [-0.39, 0.29) is 17.7 Å². The summed E-state index contributed by atoms with van der Waals surface area (Å²) in [6.07, 6.45) is 13.7. The Morgan fingerprint density at radius 2 is 2.09 bits per heavy atom. The third kappa shape index (κ3) is 2.18. The Kier molecular flexibility index (Phi) is 4.02. The summed E-state index contributed by atoms with van der Waals surface area (Å²) in [4.78, 5) is 11.8. The second-order valence-corrected chi connectivity index (χ2v) is 6.95. The van der Waals surface area contributed by atoms with E-state index in [4.69, 9.17) is 9.47 Å². The molecule has 0 aromatic rings. The van der Waals surface area contributed by atoms with Crippen LogP contribution in [0.25, 0.3) is 0 Å². The monoisotopic (exact) mass is 302 g/mol. The fourth-order valence-electron chi connectivity index (χ4n) is 5.11. The first-order valence-corrected chi connectivity index (χ1v) is 8.31. The Morgan fingerprint density at radius 1 is 1.32 bits per heavy atom. The lowest BCUT2D eigenvalue weighted by Crippen LogP contribution is -2.53. The number of rotatable bonds is 5. The van der Waals surface area contributed by atoms with Crippen LogP contribution in [0.5, 0.6) is 0 Å². The van der Waals surface area contributed by atoms with Crippen LogP contribution in [-0.4, -0.2) is 23.3 Å². The molecule has 0 radical (unpaired) electrons. The van der Waals surface area contributed by atoms with Crippen LogP contribution >= 0.6 is 0 Å². The van der Waals surface area contributed by atoms with Crippen LogP contribution in [0.1, 0.15) is 45.4 Å². The molecule has 0 aromatic carbocycles. The van der Waals surface area contributed by atoms with Gasteiger partial charge in [-0.15, -0.1) is 13.2 Å². The topological polar surface area (TPSA) is 35.5 Å². The van der Waals surface area contributed by atoms with Gasteiger partial charge in [-0.05, 0) is 43.9 Å². The van der Waals surface area contributed by atoms with Gasteiger partial charge < -0.3 is 9.47 Å². The number of carbonyl (C=O) groups excluding carboxylic acids is 1. The van der Waals surface area contributed by atoms with Crippen molar-refractivity contribution in [3.63, 3.8) is 0 Å². The maximum Gasteiger partial charge on any atom is 0.303 e. The summed E-state index contributed by atoms with van der Waals surface area (Å²) < 4.78 is 12.5. The van der Waals surface area contributed by atoms with E-state index in [0.717, 1.165) is 38.5 Å². The maximum absolute atomic E-state index is 11.8. The van der Waals surface area contributed by atoms with Crippen molar-refractivity contribution < 1.29 is 14.3 Å². The molecule has 3 nitrogen and oxygen atoms in total. The largest absolute Gasteiger partial charge is 0.456 e. The molecule has 0 aromatic heterocycles. The molecule has 1 heterocycles. The zero-order valence-electron chi connectivity index (χ0n) is 13.4. The molecule has 1 spiro atoms. The van der Waals surface area contributed by atoms with Gasteiger partial charge in [-0.25, -0.2) is 0 Å². The highest BCUT2D eigenvalue weighted by Gasteiger charge is 2.70. The third-order valence-electron chi connectivity index (χ3n) is 5.68. The molecule has 1 aliphatic heterocycles. The lowest BCUT2D eigenvalue weighted by atomic mass is 9.72. The van der Waals surface area contributed by atoms with Crippen LogP contribution in [-0.2, 0) is 14.3 Å². The Labute approximate surface area is 133 Å². The van der Waals surface area contributed by atoms with Crippen LogP contribution < -0.4 is 0 Å². The van der Waals surface area contributed by atoms with E-state index in [9.17, 15) is 4.79 Å². The molecule has 2 aliphatic carbocycles. The minimum absolute atomic E-state index is 0.107. The van der Waals surface area contributed by atoms with Crippen molar-refractivity contribution in [1.29, 1.82) is 0 Å². The Balaban J connectivity index is 2.00. The zero-order chi connectivity index (χ0) is 15.8. The summed E-state index contributed by atoms with van der Waals surface area (Å²) in [5.41, 5.74) is -0.829. The number of allylic oxidation sites excluding steroid dienone is 2. The molecule has 120 valence electrons. The summed E-state index contributed by atoms with van der Waals surface area (Å²) in [6, 6.07) is 0. The lowest BCUT2D eigenvalue weighted by molar-refractivity contribution is -0.181. The Bertz CT molecular complexity index is 509. The second-order valence-electron chi connectivity index (χ2n) is 6.95. The molecule has 5 atom stereocenters. The standard InChI is InChI=1S/C19H26O3/c1-4-8-15-12-18(21-14(3)20)13-16(9-5-2)22-19(18)11-7-6-10-17(15)19/h4-7,15-17H,1-2,8-13H2,3H3/t15-,16-,17-,18+,19-/m1/s1. The van der Waals surface area contributed by atoms with Gasteiger partial charge in [-0.3, -0.25) is 4.79 Å². The normalized spacial score (nSPS) is 42.5. The van der Waals surface area contributed by atoms with Gasteiger partial charge in [-0.2, -0.15) is 0 Å². The van der Waals surface area contributed by atoms with Crippen molar-refractivity contribution in [3.8, 4) is 0 Å². The van der Waals surface area contributed by atoms with E-state index in [1.165, 1.54) is 6.92 Å². The fourth-order valence-corrected chi connectivity index (χ4v) is 5.11. The third-order valence-corrected chi connectivity index (χ3v) is 5.68. The van der Waals surface area contributed by atoms with Gasteiger partial charge in [0.05, 0.1) is 6.10 Å². The summed E-state index contributed by atoms with van der Waals surface area (Å²) in [5, 5.41) is 0. The van der Waals surface area contributed by atoms with Gasteiger partial charge in [0.15, 0.2) is 0 Å². The molecule has 22 heavy (non-hydrogen) atoms. The highest BCUT2D eigenvalue weighted by atomic mass is 16.6. The highest BCUT2D eigenvalue weighted by Crippen LogP contribution is 2.63. The lowest BCUT2D eigenvalue weighted by Gasteiger charge is -2.43. The molecule has 3 aliphatic rings. The van der Waals surface area contributed by atoms with Crippen LogP contribution in [0.2, 0.25) is 0 Å². The minimum Gasteiger partial charge on any atom is -0.456 e. The first-order chi connectivity index (χ1) is 10.6. The van der Waals surface area contributed by atoms with Crippen molar-refractivity contribution in [2.24, 2.45) is 11.8 Å². The number of hydrogen-bond acceptors (Lipinski definition) is 3. The van der Waals surface area contributed by atoms with Crippen LogP contribution in [0, 0.1) is 11.8 Å². The number of ether oxygens (including phenoxy) is 2. The average molecular weight is 302 g/mol. The number of carbonyl (C=O) groups is 1. The smallest absolute Gasteiger partial charge is 0.303 e. The fraction of sp³-hybridized carbons (Fsp3) is 0.632. The molecule has 0 N–H and O–H groups in total. The summed E-state index contributed by atoms with van der Waals surface area (Å²) in [5.74, 6) is 0.686. The maximum atomic E-state index is 11.8. The van der Waals surface area contributed by atoms with E-state index >= 15 is 0 Å². The predicted octanol–water partition coefficient (Wildman–Crippen LogP) is 3.95. The van der Waals surface area contributed by atoms with E-state index in [1.807, 2.05) is 12.2 Å². The van der Waals surface area contributed by atoms with Gasteiger partial charge >= 0.3 is 5.97 Å². The van der Waals surface area contributed by atoms with Crippen molar-refractivity contribution in [1.82, 2.24) is 0 Å². The van der Waals surface area contributed by atoms with E-state index in [0.29, 0.717) is 11.8 Å². The van der Waals surface area contributed by atoms with Gasteiger partial charge in [0.25, 0.3) is 0 Å². The quantitative estimate of drug-likeness (QED) is 0.570. The van der Waals surface area contributed by atoms with Crippen LogP contribution in [0.4, 0.5) is 0 Å². The highest BCUT2D eigenvalue weighted by molar-refractivity contribution is 5.67. The van der Waals surface area contributed by atoms with E-state index < -0.39 is 5.60 Å². The molecular formula is C19H26O3. The molecule has 1 saturated carbocycles. The zero-order valence-corrected chi connectivity index (χ0v) is 13.4. The molecule has 0 bridgehead atoms. The van der Waals surface area contributed by atoms with Gasteiger partial charge in [0, 0.05) is 13.3 Å². The minimum atomic E-state index is -0.477. The number of hydrogen-bond donors (Lipinski definition) is 0. The molecule has 0 unspecified atom stereocenters. The molecular weight excluding hydrogens is 276 g/mol. The Hall–Kier alpha value is -1.35. The van der Waals surface area contributed by atoms with Crippen molar-refractivity contribution in [3.05, 3.63) is 37.5 Å². The summed E-state index contributed by atoms with van der Waals surface area (Å²) in [7, 11) is 0. The summed E-state index contributed by atoms with van der Waals surface area (Å²) >= 11 is 0. The van der Waals surface area contributed by atoms with Crippen molar-refractivity contribution >= 4 is 5.97 Å². The van der Waals surface area contributed by atoms with E-state index in [2.05, 4.69) is 25.3 Å². The first kappa shape index (κ1) is 15.5. The second kappa shape index (κ2) is 5.69. The van der Waals surface area contributed by atoms with Crippen molar-refractivity contribution in [2.45, 2.75) is 62.8 Å². The van der Waals surface area contributed by atoms with Crippen molar-refractivity contribution in [2.75, 3.05) is 0 Å². The van der Waals surface area contributed by atoms with Gasteiger partial charge in [-0.1, -0.05) is 24.3 Å². The van der Waals surface area contributed by atoms with Gasteiger partial charge in [0.2, 0.25) is 0 Å². The van der Waals surface area contributed by atoms with Crippen LogP contribution in [0.15, 0.2) is 37.5 Å². The predicted molar refractivity (Wildman–Crippen MR) is 86.3 cm³/mol. The van der Waals surface area contributed by atoms with Crippen LogP contribution in [0.3, 0.4) is 0 Å². The molecule has 0 amide bonds. The average Bonchev–Trinajstić information content (AvgIpc) is 2.85. The molecule has 3 rings (SSSR count). The molecule has 2 fully saturated rings. The molecule has 3 heteroatoms. The van der Waals surface area contributed by atoms with E-state index in [1.54, 1.807) is 0 Å². The van der Waals surface area contributed by atoms with Gasteiger partial charge in [0.1, 0.15) is 11.2 Å². The molecule has 1 saturated heterocycles. The summed E-state index contributed by atoms with van der Waals surface area (Å²) in [6.45, 7) is 9.25.